The van der Waals surface area contributed by atoms with Crippen molar-refractivity contribution >= 4 is 22.9 Å². The number of carbonyl (C=O) groups excluding carboxylic acids is 1. The van der Waals surface area contributed by atoms with Gasteiger partial charge in [0.05, 0.1) is 48.1 Å². The highest BCUT2D eigenvalue weighted by molar-refractivity contribution is 5.94. The normalized spacial score (nSPS) is 15.9. The number of methoxy groups -OCH3 is 1. The standard InChI is InChI=1S/C36H30F2N6O6/c1-48-31-15-29(34(45)43-36(19-39)8-9-36)40-16-22(31)18-50-33-4-2-3-27(42-33)24-14-25(37)21(11-26(24)38)13-32-41-28-6-5-20(35(46)47)12-30(28)44(32)17-23-7-10-49-23/h2-6,11-12,14-16,23H,7-10,13,17-18H2,1H3,(H,43,45)(H,46,47). The molecule has 2 aliphatic rings. The average Bonchev–Trinajstić information content (AvgIpc) is 3.79. The van der Waals surface area contributed by atoms with Crippen molar-refractivity contribution in [3.8, 4) is 29.0 Å². The van der Waals surface area contributed by atoms with Crippen LogP contribution in [0.2, 0.25) is 0 Å². The first kappa shape index (κ1) is 32.6. The summed E-state index contributed by atoms with van der Waals surface area (Å²) < 4.78 is 49.9. The summed E-state index contributed by atoms with van der Waals surface area (Å²) in [4.78, 5) is 37.4. The Bertz CT molecular complexity index is 2190. The third kappa shape index (κ3) is 6.55. The zero-order chi connectivity index (χ0) is 35.0. The number of hydrogen-bond donors (Lipinski definition) is 2. The van der Waals surface area contributed by atoms with E-state index in [0.29, 0.717) is 54.2 Å². The van der Waals surface area contributed by atoms with Gasteiger partial charge in [0.1, 0.15) is 41.0 Å². The zero-order valence-electron chi connectivity index (χ0n) is 26.8. The number of carboxylic acids is 1. The number of carbonyl (C=O) groups is 2. The fraction of sp³-hybridized carbons (Fsp3) is 0.278. The van der Waals surface area contributed by atoms with E-state index in [4.69, 9.17) is 14.2 Å². The summed E-state index contributed by atoms with van der Waals surface area (Å²) in [6.45, 7) is 0.976. The van der Waals surface area contributed by atoms with Crippen LogP contribution < -0.4 is 14.8 Å². The molecule has 2 N–H and O–H groups in total. The van der Waals surface area contributed by atoms with Gasteiger partial charge in [-0.25, -0.2) is 23.5 Å². The maximum Gasteiger partial charge on any atom is 0.335 e. The molecule has 1 aliphatic carbocycles. The van der Waals surface area contributed by atoms with Gasteiger partial charge in [-0.2, -0.15) is 5.26 Å². The van der Waals surface area contributed by atoms with Gasteiger partial charge in [0.25, 0.3) is 5.91 Å². The van der Waals surface area contributed by atoms with Crippen LogP contribution in [0, 0.1) is 23.0 Å². The number of aromatic nitrogens is 4. The van der Waals surface area contributed by atoms with Crippen molar-refractivity contribution < 1.29 is 37.7 Å². The van der Waals surface area contributed by atoms with Crippen LogP contribution in [0.5, 0.6) is 11.6 Å². The minimum atomic E-state index is -1.08. The number of pyridine rings is 2. The number of halogens is 2. The Morgan fingerprint density at radius 2 is 1.94 bits per heavy atom. The van der Waals surface area contributed by atoms with Crippen molar-refractivity contribution in [3.05, 3.63) is 101 Å². The van der Waals surface area contributed by atoms with Crippen LogP contribution in [0.15, 0.2) is 60.8 Å². The summed E-state index contributed by atoms with van der Waals surface area (Å²) in [5.41, 5.74) is 1.11. The van der Waals surface area contributed by atoms with Gasteiger partial charge in [-0.3, -0.25) is 9.78 Å². The van der Waals surface area contributed by atoms with E-state index in [2.05, 4.69) is 26.3 Å². The Morgan fingerprint density at radius 3 is 2.64 bits per heavy atom. The first-order valence-electron chi connectivity index (χ1n) is 15.8. The molecule has 2 aromatic carbocycles. The number of aromatic carboxylic acids is 1. The molecule has 254 valence electrons. The number of nitrogens with zero attached hydrogens (tertiary/aromatic N) is 5. The summed E-state index contributed by atoms with van der Waals surface area (Å²) in [5, 5.41) is 21.4. The average molecular weight is 681 g/mol. The number of nitrogens with one attached hydrogen (secondary N) is 1. The minimum Gasteiger partial charge on any atom is -0.496 e. The number of imidazole rings is 1. The van der Waals surface area contributed by atoms with Gasteiger partial charge < -0.3 is 29.2 Å². The monoisotopic (exact) mass is 680 g/mol. The van der Waals surface area contributed by atoms with Crippen LogP contribution in [-0.2, 0) is 24.3 Å². The lowest BCUT2D eigenvalue weighted by Crippen LogP contribution is -2.36. The number of rotatable bonds is 12. The van der Waals surface area contributed by atoms with E-state index in [1.807, 2.05) is 4.57 Å². The molecule has 5 aromatic rings. The Kier molecular flexibility index (Phi) is 8.59. The highest BCUT2D eigenvalue weighted by Gasteiger charge is 2.45. The predicted molar refractivity (Wildman–Crippen MR) is 174 cm³/mol. The Morgan fingerprint density at radius 1 is 1.12 bits per heavy atom. The molecule has 0 spiro atoms. The van der Waals surface area contributed by atoms with Crippen LogP contribution in [0.25, 0.3) is 22.3 Å². The van der Waals surface area contributed by atoms with Gasteiger partial charge in [0.15, 0.2) is 0 Å². The van der Waals surface area contributed by atoms with E-state index in [-0.39, 0.29) is 53.1 Å². The topological polar surface area (TPSA) is 161 Å². The van der Waals surface area contributed by atoms with E-state index >= 15 is 8.78 Å². The fourth-order valence-electron chi connectivity index (χ4n) is 5.72. The van der Waals surface area contributed by atoms with Gasteiger partial charge >= 0.3 is 5.97 Å². The molecule has 0 bridgehead atoms. The number of hydrogen-bond acceptors (Lipinski definition) is 9. The number of nitriles is 1. The van der Waals surface area contributed by atoms with E-state index in [0.717, 1.165) is 18.6 Å². The lowest BCUT2D eigenvalue weighted by atomic mass is 10.0. The molecular weight excluding hydrogens is 650 g/mol. The van der Waals surface area contributed by atoms with Gasteiger partial charge in [-0.15, -0.1) is 0 Å². The maximum absolute atomic E-state index is 15.6. The summed E-state index contributed by atoms with van der Waals surface area (Å²) in [6.07, 6.45) is 3.30. The van der Waals surface area contributed by atoms with Crippen LogP contribution in [0.4, 0.5) is 8.78 Å². The van der Waals surface area contributed by atoms with Crippen molar-refractivity contribution in [2.45, 2.75) is 50.5 Å². The van der Waals surface area contributed by atoms with Crippen molar-refractivity contribution in [3.63, 3.8) is 0 Å². The first-order valence-corrected chi connectivity index (χ1v) is 15.8. The van der Waals surface area contributed by atoms with Crippen molar-refractivity contribution in [2.75, 3.05) is 13.7 Å². The lowest BCUT2D eigenvalue weighted by molar-refractivity contribution is -0.0589. The molecular formula is C36H30F2N6O6. The molecule has 1 unspecified atom stereocenters. The fourth-order valence-corrected chi connectivity index (χ4v) is 5.72. The van der Waals surface area contributed by atoms with E-state index < -0.39 is 29.0 Å². The van der Waals surface area contributed by atoms with E-state index in [1.165, 1.54) is 37.6 Å². The number of ether oxygens (including phenoxy) is 3. The summed E-state index contributed by atoms with van der Waals surface area (Å²) >= 11 is 0. The molecule has 4 heterocycles. The molecule has 0 radical (unpaired) electrons. The SMILES string of the molecule is COc1cc(C(=O)NC2(C#N)CC2)ncc1COc1cccc(-c2cc(F)c(Cc3nc4ccc(C(=O)O)cc4n3CC3CCO3)cc2F)n1. The van der Waals surface area contributed by atoms with Crippen LogP contribution in [-0.4, -0.2) is 61.9 Å². The van der Waals surface area contributed by atoms with Gasteiger partial charge in [-0.1, -0.05) is 6.07 Å². The number of carboxylic acid groups (broad SMARTS) is 1. The molecule has 12 nitrogen and oxygen atoms in total. The first-order chi connectivity index (χ1) is 24.1. The van der Waals surface area contributed by atoms with Gasteiger partial charge in [0, 0.05) is 42.5 Å². The number of benzene rings is 2. The zero-order valence-corrected chi connectivity index (χ0v) is 26.8. The molecule has 14 heteroatoms. The molecule has 3 aromatic heterocycles. The lowest BCUT2D eigenvalue weighted by Gasteiger charge is -2.27. The predicted octanol–water partition coefficient (Wildman–Crippen LogP) is 5.22. The second-order valence-corrected chi connectivity index (χ2v) is 12.2. The molecule has 50 heavy (non-hydrogen) atoms. The number of fused-ring (bicyclic) bond motifs is 1. The quantitative estimate of drug-likeness (QED) is 0.179. The Balaban J connectivity index is 1.09. The molecule has 1 saturated carbocycles. The highest BCUT2D eigenvalue weighted by Crippen LogP contribution is 2.35. The molecule has 7 rings (SSSR count). The van der Waals surface area contributed by atoms with Crippen LogP contribution in [0.1, 0.15) is 57.1 Å². The van der Waals surface area contributed by atoms with Gasteiger partial charge in [-0.05, 0) is 61.2 Å². The summed E-state index contributed by atoms with van der Waals surface area (Å²) in [5.74, 6) is -2.01. The molecule has 1 aliphatic heterocycles. The second kappa shape index (κ2) is 13.2. The Labute approximate surface area is 284 Å². The summed E-state index contributed by atoms with van der Waals surface area (Å²) in [6, 6.07) is 15.0. The van der Waals surface area contributed by atoms with Crippen molar-refractivity contribution in [2.24, 2.45) is 0 Å². The minimum absolute atomic E-state index is 0.0427. The largest absolute Gasteiger partial charge is 0.496 e. The molecule has 2 fully saturated rings. The Hall–Kier alpha value is -5.94. The van der Waals surface area contributed by atoms with Crippen LogP contribution >= 0.6 is 0 Å². The molecule has 1 atom stereocenters. The second-order valence-electron chi connectivity index (χ2n) is 12.2. The van der Waals surface area contributed by atoms with Gasteiger partial charge in [0.2, 0.25) is 5.88 Å². The third-order valence-corrected chi connectivity index (χ3v) is 8.83. The van der Waals surface area contributed by atoms with E-state index in [9.17, 15) is 20.0 Å². The smallest absolute Gasteiger partial charge is 0.335 e. The number of amides is 1. The van der Waals surface area contributed by atoms with Crippen molar-refractivity contribution in [1.29, 1.82) is 5.26 Å². The van der Waals surface area contributed by atoms with Crippen LogP contribution in [0.3, 0.4) is 0 Å². The van der Waals surface area contributed by atoms with E-state index in [1.54, 1.807) is 18.2 Å². The third-order valence-electron chi connectivity index (χ3n) is 8.83. The van der Waals surface area contributed by atoms with Crippen molar-refractivity contribution in [1.82, 2.24) is 24.8 Å². The summed E-state index contributed by atoms with van der Waals surface area (Å²) in [7, 11) is 1.44. The maximum atomic E-state index is 15.6. The molecule has 1 amide bonds. The highest BCUT2D eigenvalue weighted by atomic mass is 19.1. The molecule has 1 saturated heterocycles.